The summed E-state index contributed by atoms with van der Waals surface area (Å²) in [4.78, 5) is 26.7. The summed E-state index contributed by atoms with van der Waals surface area (Å²) in [5.41, 5.74) is 0.0276. The third-order valence-corrected chi connectivity index (χ3v) is 7.80. The van der Waals surface area contributed by atoms with Crippen LogP contribution in [-0.4, -0.2) is 54.0 Å². The van der Waals surface area contributed by atoms with E-state index in [1.165, 1.54) is 23.3 Å². The SMILES string of the molecule is COc1nc(N2C[C@H]3C(=O)N(C)C(=N)N[C@@]3(c3ccc(Cl)s3)C2)nc(C2CC2)c1Cl. The van der Waals surface area contributed by atoms with E-state index in [9.17, 15) is 4.79 Å². The number of nitrogens with one attached hydrogen (secondary N) is 2. The molecule has 1 aliphatic carbocycles. The normalized spacial score (nSPS) is 26.1. The van der Waals surface area contributed by atoms with Gasteiger partial charge in [-0.3, -0.25) is 15.1 Å². The van der Waals surface area contributed by atoms with Crippen LogP contribution in [0.2, 0.25) is 9.36 Å². The molecule has 5 rings (SSSR count). The minimum absolute atomic E-state index is 0.0656. The maximum Gasteiger partial charge on any atom is 0.237 e. The molecule has 0 aromatic carbocycles. The van der Waals surface area contributed by atoms with E-state index in [0.717, 1.165) is 23.4 Å². The van der Waals surface area contributed by atoms with Gasteiger partial charge in [0.05, 0.1) is 23.1 Å². The van der Waals surface area contributed by atoms with Gasteiger partial charge in [0.2, 0.25) is 17.7 Å². The standard InChI is InChI=1S/C19H20Cl2N6O2S/c1-26-16(28)10-7-27(8-19(10,25-17(26)22)11-5-6-12(20)30-11)18-23-14(9-3-4-9)13(21)15(24-18)29-2/h5-6,9-10H,3-4,7-8H2,1-2H3,(H2,22,25)/t10-,19-/m0/s1. The number of methoxy groups -OCH3 is 1. The van der Waals surface area contributed by atoms with E-state index >= 15 is 0 Å². The third-order valence-electron chi connectivity index (χ3n) is 6.03. The number of aromatic nitrogens is 2. The van der Waals surface area contributed by atoms with Gasteiger partial charge in [0, 0.05) is 30.9 Å². The highest BCUT2D eigenvalue weighted by Crippen LogP contribution is 2.47. The molecule has 2 aromatic rings. The van der Waals surface area contributed by atoms with E-state index in [0.29, 0.717) is 40.2 Å². The fourth-order valence-corrected chi connectivity index (χ4v) is 5.81. The van der Waals surface area contributed by atoms with Gasteiger partial charge in [0.15, 0.2) is 5.96 Å². The molecule has 30 heavy (non-hydrogen) atoms. The monoisotopic (exact) mass is 466 g/mol. The Morgan fingerprint density at radius 1 is 1.33 bits per heavy atom. The third kappa shape index (κ3) is 2.94. The molecule has 0 unspecified atom stereocenters. The number of guanidine groups is 1. The fraction of sp³-hybridized carbons (Fsp3) is 0.474. The first-order valence-corrected chi connectivity index (χ1v) is 11.2. The number of nitrogens with zero attached hydrogens (tertiary/aromatic N) is 4. The number of carbonyl (C=O) groups is 1. The Bertz CT molecular complexity index is 1060. The minimum Gasteiger partial charge on any atom is -0.480 e. The molecule has 4 heterocycles. The first-order chi connectivity index (χ1) is 14.3. The van der Waals surface area contributed by atoms with Crippen molar-refractivity contribution in [1.82, 2.24) is 20.2 Å². The van der Waals surface area contributed by atoms with Crippen LogP contribution in [0.3, 0.4) is 0 Å². The molecular formula is C19H20Cl2N6O2S. The zero-order valence-corrected chi connectivity index (χ0v) is 18.7. The second kappa shape index (κ2) is 6.96. The zero-order chi connectivity index (χ0) is 21.2. The van der Waals surface area contributed by atoms with Crippen LogP contribution >= 0.6 is 34.5 Å². The summed E-state index contributed by atoms with van der Waals surface area (Å²) in [6.07, 6.45) is 2.09. The van der Waals surface area contributed by atoms with E-state index in [-0.39, 0.29) is 11.9 Å². The first-order valence-electron chi connectivity index (χ1n) is 9.60. The summed E-state index contributed by atoms with van der Waals surface area (Å²) in [7, 11) is 3.15. The zero-order valence-electron chi connectivity index (χ0n) is 16.4. The number of amides is 1. The molecule has 3 fully saturated rings. The highest BCUT2D eigenvalue weighted by molar-refractivity contribution is 7.16. The van der Waals surface area contributed by atoms with Crippen LogP contribution in [0.1, 0.15) is 29.3 Å². The van der Waals surface area contributed by atoms with Crippen molar-refractivity contribution in [2.75, 3.05) is 32.1 Å². The fourth-order valence-electron chi connectivity index (χ4n) is 4.26. The van der Waals surface area contributed by atoms with Crippen LogP contribution in [0.4, 0.5) is 5.95 Å². The molecule has 2 atom stereocenters. The second-order valence-corrected chi connectivity index (χ2v) is 9.98. The molecule has 0 spiro atoms. The van der Waals surface area contributed by atoms with Crippen molar-refractivity contribution in [1.29, 1.82) is 5.41 Å². The lowest BCUT2D eigenvalue weighted by atomic mass is 9.83. The van der Waals surface area contributed by atoms with Crippen LogP contribution < -0.4 is 15.0 Å². The molecule has 2 N–H and O–H groups in total. The lowest BCUT2D eigenvalue weighted by Gasteiger charge is -2.42. The predicted molar refractivity (Wildman–Crippen MR) is 116 cm³/mol. The van der Waals surface area contributed by atoms with Gasteiger partial charge in [0.25, 0.3) is 0 Å². The lowest BCUT2D eigenvalue weighted by Crippen LogP contribution is -2.64. The number of rotatable bonds is 4. The van der Waals surface area contributed by atoms with Gasteiger partial charge in [-0.2, -0.15) is 4.98 Å². The average Bonchev–Trinajstić information content (AvgIpc) is 3.35. The smallest absolute Gasteiger partial charge is 0.237 e. The molecule has 11 heteroatoms. The first kappa shape index (κ1) is 19.8. The number of anilines is 1. The number of ether oxygens (including phenoxy) is 1. The summed E-state index contributed by atoms with van der Waals surface area (Å²) in [6, 6.07) is 3.73. The van der Waals surface area contributed by atoms with Crippen LogP contribution in [0.15, 0.2) is 12.1 Å². The maximum atomic E-state index is 13.1. The van der Waals surface area contributed by atoms with Gasteiger partial charge in [-0.15, -0.1) is 11.3 Å². The van der Waals surface area contributed by atoms with Crippen molar-refractivity contribution in [3.8, 4) is 5.88 Å². The van der Waals surface area contributed by atoms with Crippen molar-refractivity contribution >= 4 is 52.4 Å². The summed E-state index contributed by atoms with van der Waals surface area (Å²) in [5.74, 6) is 0.683. The molecular weight excluding hydrogens is 447 g/mol. The van der Waals surface area contributed by atoms with E-state index in [4.69, 9.17) is 38.3 Å². The number of hydrogen-bond donors (Lipinski definition) is 2. The Morgan fingerprint density at radius 3 is 2.73 bits per heavy atom. The van der Waals surface area contributed by atoms with Gasteiger partial charge in [-0.1, -0.05) is 23.2 Å². The molecule has 3 aliphatic rings. The van der Waals surface area contributed by atoms with Crippen LogP contribution in [0, 0.1) is 11.3 Å². The van der Waals surface area contributed by atoms with Crippen LogP contribution in [-0.2, 0) is 10.3 Å². The molecule has 8 nitrogen and oxygen atoms in total. The molecule has 2 saturated heterocycles. The number of hydrogen-bond acceptors (Lipinski definition) is 7. The molecule has 158 valence electrons. The van der Waals surface area contributed by atoms with Gasteiger partial charge < -0.3 is 15.0 Å². The highest BCUT2D eigenvalue weighted by atomic mass is 35.5. The van der Waals surface area contributed by atoms with E-state index in [1.807, 2.05) is 17.0 Å². The molecule has 0 bridgehead atoms. The minimum atomic E-state index is -0.769. The van der Waals surface area contributed by atoms with Crippen molar-refractivity contribution in [2.45, 2.75) is 24.3 Å². The Balaban J connectivity index is 1.59. The molecule has 2 aromatic heterocycles. The van der Waals surface area contributed by atoms with Gasteiger partial charge in [-0.25, -0.2) is 4.98 Å². The number of carbonyl (C=O) groups excluding carboxylic acids is 1. The second-order valence-electron chi connectivity index (χ2n) is 7.89. The number of fused-ring (bicyclic) bond motifs is 1. The largest absolute Gasteiger partial charge is 0.480 e. The Hall–Kier alpha value is -2.10. The molecule has 1 amide bonds. The van der Waals surface area contributed by atoms with E-state index < -0.39 is 11.5 Å². The van der Waals surface area contributed by atoms with Gasteiger partial charge >= 0.3 is 0 Å². The van der Waals surface area contributed by atoms with Gasteiger partial charge in [-0.05, 0) is 25.0 Å². The summed E-state index contributed by atoms with van der Waals surface area (Å²) >= 11 is 14.1. The average molecular weight is 467 g/mol. The molecule has 1 saturated carbocycles. The topological polar surface area (TPSA) is 94.4 Å². The summed E-state index contributed by atoms with van der Waals surface area (Å²) < 4.78 is 6.04. The summed E-state index contributed by atoms with van der Waals surface area (Å²) in [5, 5.41) is 12.0. The van der Waals surface area contributed by atoms with E-state index in [2.05, 4.69) is 10.3 Å². The van der Waals surface area contributed by atoms with E-state index in [1.54, 1.807) is 7.05 Å². The quantitative estimate of drug-likeness (QED) is 0.718. The Morgan fingerprint density at radius 2 is 2.10 bits per heavy atom. The number of halogens is 2. The van der Waals surface area contributed by atoms with Crippen LogP contribution in [0.25, 0.3) is 0 Å². The molecule has 2 aliphatic heterocycles. The Labute approximate surface area is 187 Å². The number of thiophene rings is 1. The van der Waals surface area contributed by atoms with Crippen molar-refractivity contribution in [2.24, 2.45) is 5.92 Å². The van der Waals surface area contributed by atoms with Crippen molar-refractivity contribution in [3.63, 3.8) is 0 Å². The van der Waals surface area contributed by atoms with Crippen LogP contribution in [0.5, 0.6) is 5.88 Å². The predicted octanol–water partition coefficient (Wildman–Crippen LogP) is 3.06. The maximum absolute atomic E-state index is 13.1. The van der Waals surface area contributed by atoms with Gasteiger partial charge in [0.1, 0.15) is 10.6 Å². The van der Waals surface area contributed by atoms with Crippen molar-refractivity contribution < 1.29 is 9.53 Å². The van der Waals surface area contributed by atoms with Crippen molar-refractivity contribution in [3.05, 3.63) is 32.1 Å². The summed E-state index contributed by atoms with van der Waals surface area (Å²) in [6.45, 7) is 0.833. The lowest BCUT2D eigenvalue weighted by molar-refractivity contribution is -0.133. The highest BCUT2D eigenvalue weighted by Gasteiger charge is 2.57. The Kier molecular flexibility index (Phi) is 4.61. The molecule has 0 radical (unpaired) electrons.